The molecule has 1 aliphatic rings. The predicted molar refractivity (Wildman–Crippen MR) is 74.5 cm³/mol. The third-order valence-electron chi connectivity index (χ3n) is 4.92. The smallest absolute Gasteiger partial charge is 0.293 e. The lowest BCUT2D eigenvalue weighted by molar-refractivity contribution is -0.131. The topological polar surface area (TPSA) is 17.1 Å². The third-order valence-corrected chi connectivity index (χ3v) is 4.92. The van der Waals surface area contributed by atoms with Crippen LogP contribution in [0.5, 0.6) is 0 Å². The fraction of sp³-hybridized carbons (Fsp3) is 0.938. The molecule has 0 spiro atoms. The second kappa shape index (κ2) is 7.96. The molecule has 0 heterocycles. The number of rotatable bonds is 8. The Morgan fingerprint density at radius 3 is 2.32 bits per heavy atom. The van der Waals surface area contributed by atoms with Crippen molar-refractivity contribution in [3.8, 4) is 0 Å². The molecule has 1 nitrogen and oxygen atoms in total. The summed E-state index contributed by atoms with van der Waals surface area (Å²) < 4.78 is 24.9. The number of Topliss-reactive ketones (excluding diaryl/α,β-unsaturated/α-hetero) is 1. The van der Waals surface area contributed by atoms with Gasteiger partial charge in [-0.2, -0.15) is 0 Å². The highest BCUT2D eigenvalue weighted by Crippen LogP contribution is 2.47. The average Bonchev–Trinajstić information content (AvgIpc) is 2.39. The monoisotopic (exact) mass is 274 g/mol. The predicted octanol–water partition coefficient (Wildman–Crippen LogP) is 5.38. The second-order valence-corrected chi connectivity index (χ2v) is 6.25. The van der Waals surface area contributed by atoms with E-state index in [0.717, 1.165) is 19.3 Å². The zero-order valence-electron chi connectivity index (χ0n) is 12.4. The maximum atomic E-state index is 12.4. The number of halogens is 2. The van der Waals surface area contributed by atoms with Crippen molar-refractivity contribution in [1.82, 2.24) is 0 Å². The summed E-state index contributed by atoms with van der Waals surface area (Å²) >= 11 is 0. The minimum atomic E-state index is -2.79. The third kappa shape index (κ3) is 4.85. The van der Waals surface area contributed by atoms with Crippen LogP contribution in [-0.2, 0) is 4.79 Å². The molecular weight excluding hydrogens is 246 g/mol. The molecule has 0 saturated heterocycles. The van der Waals surface area contributed by atoms with Crippen LogP contribution >= 0.6 is 0 Å². The Bertz CT molecular complexity index is 270. The van der Waals surface area contributed by atoms with E-state index in [2.05, 4.69) is 6.92 Å². The molecule has 0 aromatic rings. The van der Waals surface area contributed by atoms with Crippen LogP contribution in [0.4, 0.5) is 8.78 Å². The number of carbonyl (C=O) groups excluding carboxylic acids is 1. The molecule has 1 rings (SSSR count). The van der Waals surface area contributed by atoms with E-state index in [1.807, 2.05) is 6.92 Å². The van der Waals surface area contributed by atoms with E-state index < -0.39 is 12.2 Å². The van der Waals surface area contributed by atoms with Crippen LogP contribution in [0.15, 0.2) is 0 Å². The van der Waals surface area contributed by atoms with Crippen molar-refractivity contribution in [3.63, 3.8) is 0 Å². The van der Waals surface area contributed by atoms with E-state index in [4.69, 9.17) is 0 Å². The van der Waals surface area contributed by atoms with Crippen LogP contribution in [0, 0.1) is 11.3 Å². The lowest BCUT2D eigenvalue weighted by Gasteiger charge is -2.42. The van der Waals surface area contributed by atoms with Crippen molar-refractivity contribution in [3.05, 3.63) is 0 Å². The van der Waals surface area contributed by atoms with Crippen molar-refractivity contribution in [2.45, 2.75) is 84.5 Å². The number of hydrogen-bond acceptors (Lipinski definition) is 1. The van der Waals surface area contributed by atoms with Gasteiger partial charge < -0.3 is 0 Å². The highest BCUT2D eigenvalue weighted by Gasteiger charge is 2.38. The van der Waals surface area contributed by atoms with Crippen molar-refractivity contribution in [2.75, 3.05) is 0 Å². The minimum Gasteiger partial charge on any atom is -0.293 e. The van der Waals surface area contributed by atoms with Crippen LogP contribution in [0.2, 0.25) is 0 Å². The molecular formula is C16H28F2O. The van der Waals surface area contributed by atoms with Crippen molar-refractivity contribution >= 4 is 5.78 Å². The summed E-state index contributed by atoms with van der Waals surface area (Å²) in [5, 5.41) is 0. The number of unbranched alkanes of at least 4 members (excludes halogenated alkanes) is 2. The largest absolute Gasteiger partial charge is 0.295 e. The number of carbonyl (C=O) groups is 1. The first kappa shape index (κ1) is 16.6. The summed E-state index contributed by atoms with van der Waals surface area (Å²) in [7, 11) is 0. The zero-order valence-corrected chi connectivity index (χ0v) is 12.4. The van der Waals surface area contributed by atoms with Crippen LogP contribution < -0.4 is 0 Å². The first-order chi connectivity index (χ1) is 9.02. The Kier molecular flexibility index (Phi) is 6.95. The average molecular weight is 274 g/mol. The summed E-state index contributed by atoms with van der Waals surface area (Å²) in [6.07, 6.45) is 7.81. The van der Waals surface area contributed by atoms with Gasteiger partial charge in [-0.05, 0) is 30.6 Å². The molecule has 1 atom stereocenters. The normalized spacial score (nSPS) is 20.5. The van der Waals surface area contributed by atoms with E-state index >= 15 is 0 Å². The zero-order chi connectivity index (χ0) is 14.3. The Morgan fingerprint density at radius 1 is 1.16 bits per heavy atom. The Labute approximate surface area is 116 Å². The van der Waals surface area contributed by atoms with E-state index in [9.17, 15) is 13.6 Å². The van der Waals surface area contributed by atoms with Gasteiger partial charge >= 0.3 is 0 Å². The molecule has 112 valence electrons. The summed E-state index contributed by atoms with van der Waals surface area (Å²) in [4.78, 5) is 11.3. The molecule has 19 heavy (non-hydrogen) atoms. The lowest BCUT2D eigenvalue weighted by Crippen LogP contribution is -2.33. The summed E-state index contributed by atoms with van der Waals surface area (Å²) in [5.41, 5.74) is 0.151. The lowest BCUT2D eigenvalue weighted by atomic mass is 9.62. The first-order valence-electron chi connectivity index (χ1n) is 7.82. The van der Waals surface area contributed by atoms with E-state index in [1.165, 1.54) is 38.5 Å². The van der Waals surface area contributed by atoms with Gasteiger partial charge in [0.05, 0.1) is 0 Å². The molecule has 0 bridgehead atoms. The van der Waals surface area contributed by atoms with Gasteiger partial charge in [0.25, 0.3) is 6.43 Å². The molecule has 1 aliphatic carbocycles. The Balaban J connectivity index is 2.63. The Morgan fingerprint density at radius 2 is 1.79 bits per heavy atom. The summed E-state index contributed by atoms with van der Waals surface area (Å²) in [5.74, 6) is -0.765. The van der Waals surface area contributed by atoms with Crippen LogP contribution in [-0.4, -0.2) is 12.2 Å². The molecule has 0 N–H and O–H groups in total. The van der Waals surface area contributed by atoms with Gasteiger partial charge in [0.1, 0.15) is 0 Å². The molecule has 1 saturated carbocycles. The molecule has 0 radical (unpaired) electrons. The first-order valence-corrected chi connectivity index (χ1v) is 7.82. The fourth-order valence-corrected chi connectivity index (χ4v) is 3.58. The number of hydrogen-bond donors (Lipinski definition) is 0. The van der Waals surface area contributed by atoms with E-state index in [-0.39, 0.29) is 17.8 Å². The van der Waals surface area contributed by atoms with Crippen LogP contribution in [0.3, 0.4) is 0 Å². The van der Waals surface area contributed by atoms with Gasteiger partial charge in [0.2, 0.25) is 0 Å². The molecule has 1 fully saturated rings. The summed E-state index contributed by atoms with van der Waals surface area (Å²) in [6, 6.07) is 0. The quantitative estimate of drug-likeness (QED) is 0.543. The van der Waals surface area contributed by atoms with Gasteiger partial charge in [-0.25, -0.2) is 8.78 Å². The van der Waals surface area contributed by atoms with E-state index in [0.29, 0.717) is 0 Å². The van der Waals surface area contributed by atoms with Crippen molar-refractivity contribution in [2.24, 2.45) is 11.3 Å². The highest BCUT2D eigenvalue weighted by molar-refractivity contribution is 5.81. The van der Waals surface area contributed by atoms with Gasteiger partial charge in [-0.1, -0.05) is 52.4 Å². The fourth-order valence-electron chi connectivity index (χ4n) is 3.58. The highest BCUT2D eigenvalue weighted by atomic mass is 19.3. The number of alkyl halides is 2. The van der Waals surface area contributed by atoms with Gasteiger partial charge in [-0.3, -0.25) is 4.79 Å². The van der Waals surface area contributed by atoms with Crippen molar-refractivity contribution < 1.29 is 13.6 Å². The second-order valence-electron chi connectivity index (χ2n) is 6.25. The molecule has 0 aromatic heterocycles. The van der Waals surface area contributed by atoms with E-state index in [1.54, 1.807) is 0 Å². The van der Waals surface area contributed by atoms with Crippen LogP contribution in [0.25, 0.3) is 0 Å². The van der Waals surface area contributed by atoms with Gasteiger partial charge in [0.15, 0.2) is 5.78 Å². The maximum Gasteiger partial charge on any atom is 0.295 e. The SMILES string of the molecule is CCCCCC1(C(C)CC(=O)C(F)F)CCCCC1. The standard InChI is InChI=1S/C16H28F2O/c1-3-4-6-9-16(10-7-5-8-11-16)13(2)12-14(19)15(17)18/h13,15H,3-12H2,1-2H3. The summed E-state index contributed by atoms with van der Waals surface area (Å²) in [6.45, 7) is 4.19. The molecule has 0 amide bonds. The molecule has 3 heteroatoms. The number of ketones is 1. The van der Waals surface area contributed by atoms with Gasteiger partial charge in [0, 0.05) is 6.42 Å². The van der Waals surface area contributed by atoms with Crippen molar-refractivity contribution in [1.29, 1.82) is 0 Å². The maximum absolute atomic E-state index is 12.4. The molecule has 0 aliphatic heterocycles. The minimum absolute atomic E-state index is 0.0593. The van der Waals surface area contributed by atoms with Gasteiger partial charge in [-0.15, -0.1) is 0 Å². The molecule has 1 unspecified atom stereocenters. The Hall–Kier alpha value is -0.470. The molecule has 0 aromatic carbocycles. The van der Waals surface area contributed by atoms with Crippen LogP contribution in [0.1, 0.15) is 78.1 Å².